The van der Waals surface area contributed by atoms with Crippen molar-refractivity contribution in [3.63, 3.8) is 0 Å². The van der Waals surface area contributed by atoms with Gasteiger partial charge in [0.25, 0.3) is 0 Å². The molecular weight excluding hydrogens is 305 g/mol. The maximum atomic E-state index is 11.9. The number of alkyl halides is 3. The summed E-state index contributed by atoms with van der Waals surface area (Å²) in [4.78, 5) is 34.5. The van der Waals surface area contributed by atoms with Gasteiger partial charge in [0, 0.05) is 0 Å². The van der Waals surface area contributed by atoms with Gasteiger partial charge in [0.2, 0.25) is 11.8 Å². The zero-order chi connectivity index (χ0) is 16.8. The number of rotatable bonds is 5. The van der Waals surface area contributed by atoms with E-state index in [1.165, 1.54) is 0 Å². The first-order valence-electron chi connectivity index (χ1n) is 7.02. The summed E-state index contributed by atoms with van der Waals surface area (Å²) in [6, 6.07) is 0. The highest BCUT2D eigenvalue weighted by Crippen LogP contribution is 2.27. The molecule has 0 bridgehead atoms. The number of aliphatic carboxylic acids is 1. The van der Waals surface area contributed by atoms with Crippen LogP contribution in [0.3, 0.4) is 0 Å². The molecule has 0 aromatic heterocycles. The summed E-state index contributed by atoms with van der Waals surface area (Å²) < 4.78 is 35.8. The fraction of sp³-hybridized carbons (Fsp3) is 0.769. The SMILES string of the molecule is O=C(CC(=O)NC1(C(=O)O)CCCCCC1)NCC(F)(F)F. The van der Waals surface area contributed by atoms with Crippen molar-refractivity contribution in [2.24, 2.45) is 0 Å². The first kappa shape index (κ1) is 18.2. The number of carbonyl (C=O) groups excluding carboxylic acids is 2. The molecule has 0 unspecified atom stereocenters. The minimum atomic E-state index is -4.56. The molecule has 1 saturated carbocycles. The largest absolute Gasteiger partial charge is 0.480 e. The van der Waals surface area contributed by atoms with Crippen LogP contribution in [0.1, 0.15) is 44.9 Å². The van der Waals surface area contributed by atoms with Gasteiger partial charge in [0.15, 0.2) is 0 Å². The van der Waals surface area contributed by atoms with Crippen LogP contribution in [0.25, 0.3) is 0 Å². The molecule has 126 valence electrons. The molecule has 6 nitrogen and oxygen atoms in total. The highest BCUT2D eigenvalue weighted by atomic mass is 19.4. The molecule has 1 aliphatic rings. The second kappa shape index (κ2) is 7.46. The number of hydrogen-bond acceptors (Lipinski definition) is 3. The van der Waals surface area contributed by atoms with Crippen LogP contribution in [0.5, 0.6) is 0 Å². The summed E-state index contributed by atoms with van der Waals surface area (Å²) in [6.45, 7) is -1.52. The van der Waals surface area contributed by atoms with E-state index in [2.05, 4.69) is 5.32 Å². The van der Waals surface area contributed by atoms with Gasteiger partial charge in [-0.2, -0.15) is 13.2 Å². The van der Waals surface area contributed by atoms with Crippen molar-refractivity contribution in [3.8, 4) is 0 Å². The molecule has 0 radical (unpaired) electrons. The quantitative estimate of drug-likeness (QED) is 0.525. The number of carboxylic acids is 1. The van der Waals surface area contributed by atoms with Crippen molar-refractivity contribution >= 4 is 17.8 Å². The molecule has 9 heteroatoms. The molecule has 0 heterocycles. The Morgan fingerprint density at radius 3 is 2.00 bits per heavy atom. The van der Waals surface area contributed by atoms with Crippen LogP contribution in [0.4, 0.5) is 13.2 Å². The van der Waals surface area contributed by atoms with E-state index < -0.39 is 42.5 Å². The molecule has 0 aliphatic heterocycles. The van der Waals surface area contributed by atoms with E-state index >= 15 is 0 Å². The Hall–Kier alpha value is -1.80. The van der Waals surface area contributed by atoms with E-state index in [0.29, 0.717) is 12.8 Å². The van der Waals surface area contributed by atoms with Crippen LogP contribution in [-0.2, 0) is 14.4 Å². The fourth-order valence-corrected chi connectivity index (χ4v) is 2.44. The van der Waals surface area contributed by atoms with Crippen molar-refractivity contribution in [2.45, 2.75) is 56.7 Å². The molecule has 0 atom stereocenters. The fourth-order valence-electron chi connectivity index (χ4n) is 2.44. The van der Waals surface area contributed by atoms with E-state index in [4.69, 9.17) is 0 Å². The van der Waals surface area contributed by atoms with Gasteiger partial charge in [-0.25, -0.2) is 4.79 Å². The highest BCUT2D eigenvalue weighted by molar-refractivity contribution is 5.99. The van der Waals surface area contributed by atoms with Gasteiger partial charge in [0.1, 0.15) is 18.5 Å². The molecule has 1 fully saturated rings. The van der Waals surface area contributed by atoms with Crippen molar-refractivity contribution in [3.05, 3.63) is 0 Å². The maximum Gasteiger partial charge on any atom is 0.405 e. The smallest absolute Gasteiger partial charge is 0.405 e. The predicted molar refractivity (Wildman–Crippen MR) is 69.9 cm³/mol. The molecule has 1 rings (SSSR count). The zero-order valence-corrected chi connectivity index (χ0v) is 12.0. The van der Waals surface area contributed by atoms with Gasteiger partial charge < -0.3 is 15.7 Å². The van der Waals surface area contributed by atoms with Gasteiger partial charge in [-0.3, -0.25) is 9.59 Å². The first-order chi connectivity index (χ1) is 10.1. The molecular formula is C13H19F3N2O4. The molecule has 3 N–H and O–H groups in total. The topological polar surface area (TPSA) is 95.5 Å². The Labute approximate surface area is 125 Å². The Balaban J connectivity index is 2.57. The van der Waals surface area contributed by atoms with E-state index in [0.717, 1.165) is 12.8 Å². The number of carbonyl (C=O) groups is 3. The summed E-state index contributed by atoms with van der Waals surface area (Å²) in [5, 5.41) is 13.2. The molecule has 0 saturated heterocycles. The third-order valence-corrected chi connectivity index (χ3v) is 3.55. The zero-order valence-electron chi connectivity index (χ0n) is 12.0. The Bertz CT molecular complexity index is 429. The lowest BCUT2D eigenvalue weighted by Gasteiger charge is -2.29. The number of halogens is 3. The normalized spacial score (nSPS) is 18.1. The maximum absolute atomic E-state index is 11.9. The second-order valence-electron chi connectivity index (χ2n) is 5.42. The van der Waals surface area contributed by atoms with E-state index in [1.807, 2.05) is 0 Å². The van der Waals surface area contributed by atoms with Crippen LogP contribution >= 0.6 is 0 Å². The summed E-state index contributed by atoms with van der Waals surface area (Å²) >= 11 is 0. The standard InChI is InChI=1S/C13H19F3N2O4/c14-13(15,16)8-17-9(19)7-10(20)18-12(11(21)22)5-3-1-2-4-6-12/h1-8H2,(H,17,19)(H,18,20)(H,21,22). The minimum Gasteiger partial charge on any atom is -0.480 e. The molecule has 0 aromatic rings. The minimum absolute atomic E-state index is 0.248. The third kappa shape index (κ3) is 5.90. The summed E-state index contributed by atoms with van der Waals surface area (Å²) in [7, 11) is 0. The Morgan fingerprint density at radius 2 is 1.55 bits per heavy atom. The molecule has 2 amide bonds. The van der Waals surface area contributed by atoms with Crippen molar-refractivity contribution < 1.29 is 32.7 Å². The highest BCUT2D eigenvalue weighted by Gasteiger charge is 2.40. The van der Waals surface area contributed by atoms with Gasteiger partial charge in [0.05, 0.1) is 0 Å². The van der Waals surface area contributed by atoms with Crippen LogP contribution in [0, 0.1) is 0 Å². The number of hydrogen-bond donors (Lipinski definition) is 3. The van der Waals surface area contributed by atoms with Crippen molar-refractivity contribution in [1.82, 2.24) is 10.6 Å². The average Bonchev–Trinajstić information content (AvgIpc) is 2.62. The predicted octanol–water partition coefficient (Wildman–Crippen LogP) is 1.35. The molecule has 0 aromatic carbocycles. The molecule has 22 heavy (non-hydrogen) atoms. The van der Waals surface area contributed by atoms with Gasteiger partial charge in [-0.1, -0.05) is 25.7 Å². The van der Waals surface area contributed by atoms with Crippen molar-refractivity contribution in [2.75, 3.05) is 6.54 Å². The first-order valence-corrected chi connectivity index (χ1v) is 7.02. The lowest BCUT2D eigenvalue weighted by Crippen LogP contribution is -2.55. The number of carboxylic acid groups (broad SMARTS) is 1. The van der Waals surface area contributed by atoms with Crippen LogP contribution in [0.2, 0.25) is 0 Å². The van der Waals surface area contributed by atoms with Gasteiger partial charge in [-0.05, 0) is 12.8 Å². The van der Waals surface area contributed by atoms with Gasteiger partial charge in [-0.15, -0.1) is 0 Å². The Morgan fingerprint density at radius 1 is 1.00 bits per heavy atom. The lowest BCUT2D eigenvalue weighted by molar-refractivity contribution is -0.149. The second-order valence-corrected chi connectivity index (χ2v) is 5.42. The number of nitrogens with one attached hydrogen (secondary N) is 2. The van der Waals surface area contributed by atoms with Crippen molar-refractivity contribution in [1.29, 1.82) is 0 Å². The van der Waals surface area contributed by atoms with Crippen LogP contribution < -0.4 is 10.6 Å². The Kier molecular flexibility index (Phi) is 6.19. The van der Waals surface area contributed by atoms with Crippen LogP contribution in [0.15, 0.2) is 0 Å². The number of amides is 2. The van der Waals surface area contributed by atoms with Gasteiger partial charge >= 0.3 is 12.1 Å². The molecule has 1 aliphatic carbocycles. The van der Waals surface area contributed by atoms with Crippen LogP contribution in [-0.4, -0.2) is 41.2 Å². The summed E-state index contributed by atoms with van der Waals surface area (Å²) in [6.07, 6.45) is -1.91. The van der Waals surface area contributed by atoms with E-state index in [9.17, 15) is 32.7 Å². The third-order valence-electron chi connectivity index (χ3n) is 3.55. The van der Waals surface area contributed by atoms with E-state index in [-0.39, 0.29) is 12.8 Å². The average molecular weight is 324 g/mol. The molecule has 0 spiro atoms. The summed E-state index contributed by atoms with van der Waals surface area (Å²) in [5.74, 6) is -3.16. The summed E-state index contributed by atoms with van der Waals surface area (Å²) in [5.41, 5.74) is -1.43. The van der Waals surface area contributed by atoms with E-state index in [1.54, 1.807) is 5.32 Å². The monoisotopic (exact) mass is 324 g/mol. The lowest BCUT2D eigenvalue weighted by atomic mass is 9.90.